The minimum absolute atomic E-state index is 0.182. The summed E-state index contributed by atoms with van der Waals surface area (Å²) in [5, 5.41) is 3.80. The Balaban J connectivity index is 1.74. The fraction of sp³-hybridized carbons (Fsp3) is 0.0714. The topological polar surface area (TPSA) is 58.5 Å². The molecule has 96 valence electrons. The molecule has 5 nitrogen and oxygen atoms in total. The normalized spacial score (nSPS) is 11.2. The zero-order valence-electron chi connectivity index (χ0n) is 10.3. The van der Waals surface area contributed by atoms with Gasteiger partial charge < -0.3 is 4.42 Å². The number of nitrogens with one attached hydrogen (secondary N) is 1. The third kappa shape index (κ3) is 4.59. The fourth-order valence-electron chi connectivity index (χ4n) is 1.42. The van der Waals surface area contributed by atoms with Crippen LogP contribution in [0.4, 0.5) is 0 Å². The van der Waals surface area contributed by atoms with Gasteiger partial charge >= 0.3 is 5.91 Å². The summed E-state index contributed by atoms with van der Waals surface area (Å²) in [7, 11) is 0. The van der Waals surface area contributed by atoms with Crippen LogP contribution in [-0.2, 0) is 11.3 Å². The van der Waals surface area contributed by atoms with Gasteiger partial charge in [-0.15, -0.1) is 0 Å². The molecule has 2 heterocycles. The number of aromatic nitrogens is 1. The lowest BCUT2D eigenvalue weighted by Gasteiger charge is -1.95. The molecule has 0 saturated heterocycles. The standard InChI is InChI=1S/C14H13N3O2/c18-14(12-17-9-2-1-3-10-17)16-15-8-4-6-13-7-5-11-19-13/h1-11H,12H2/p+1/b6-4+,15-8+. The molecule has 0 spiro atoms. The highest BCUT2D eigenvalue weighted by Crippen LogP contribution is 2.00. The second kappa shape index (κ2) is 6.90. The molecule has 5 heteroatoms. The average molecular weight is 256 g/mol. The first-order chi connectivity index (χ1) is 9.34. The molecular formula is C14H14N3O2+. The highest BCUT2D eigenvalue weighted by Gasteiger charge is 2.05. The molecule has 0 unspecified atom stereocenters. The van der Waals surface area contributed by atoms with Crippen molar-refractivity contribution in [2.75, 3.05) is 0 Å². The molecule has 1 amide bonds. The number of furan rings is 1. The molecule has 2 aromatic rings. The van der Waals surface area contributed by atoms with Gasteiger partial charge in [0.1, 0.15) is 5.76 Å². The van der Waals surface area contributed by atoms with Gasteiger partial charge in [-0.05, 0) is 24.3 Å². The number of hydrogen-bond acceptors (Lipinski definition) is 3. The SMILES string of the molecule is O=C(C[n+]1ccccc1)N/N=C/C=C/c1ccco1. The summed E-state index contributed by atoms with van der Waals surface area (Å²) in [4.78, 5) is 11.5. The third-order valence-corrected chi connectivity index (χ3v) is 2.26. The summed E-state index contributed by atoms with van der Waals surface area (Å²) in [6.45, 7) is 0.236. The minimum atomic E-state index is -0.182. The number of rotatable bonds is 5. The second-order valence-electron chi connectivity index (χ2n) is 3.74. The van der Waals surface area contributed by atoms with E-state index in [4.69, 9.17) is 4.42 Å². The van der Waals surface area contributed by atoms with Crippen molar-refractivity contribution in [2.24, 2.45) is 5.10 Å². The number of hydrogen-bond donors (Lipinski definition) is 1. The van der Waals surface area contributed by atoms with Gasteiger partial charge in [-0.1, -0.05) is 6.07 Å². The van der Waals surface area contributed by atoms with Gasteiger partial charge in [0, 0.05) is 18.3 Å². The summed E-state index contributed by atoms with van der Waals surface area (Å²) in [5.74, 6) is 0.552. The molecule has 1 N–H and O–H groups in total. The Kier molecular flexibility index (Phi) is 4.64. The lowest BCUT2D eigenvalue weighted by Crippen LogP contribution is -2.40. The molecule has 0 aliphatic carbocycles. The van der Waals surface area contributed by atoms with Crippen LogP contribution in [0.2, 0.25) is 0 Å². The van der Waals surface area contributed by atoms with Crippen molar-refractivity contribution in [3.63, 3.8) is 0 Å². The lowest BCUT2D eigenvalue weighted by molar-refractivity contribution is -0.684. The maximum absolute atomic E-state index is 11.5. The van der Waals surface area contributed by atoms with E-state index in [9.17, 15) is 4.79 Å². The maximum Gasteiger partial charge on any atom is 0.305 e. The molecule has 2 rings (SSSR count). The Labute approximate surface area is 110 Å². The predicted octanol–water partition coefficient (Wildman–Crippen LogP) is 1.38. The number of allylic oxidation sites excluding steroid dienone is 1. The van der Waals surface area contributed by atoms with E-state index in [1.807, 2.05) is 36.7 Å². The smallest absolute Gasteiger partial charge is 0.305 e. The predicted molar refractivity (Wildman–Crippen MR) is 71.0 cm³/mol. The number of pyridine rings is 1. The number of amides is 1. The molecule has 0 radical (unpaired) electrons. The lowest BCUT2D eigenvalue weighted by atomic mass is 10.4. The first-order valence-corrected chi connectivity index (χ1v) is 5.81. The van der Waals surface area contributed by atoms with E-state index in [0.717, 1.165) is 5.76 Å². The van der Waals surface area contributed by atoms with E-state index in [1.165, 1.54) is 6.21 Å². The molecule has 0 aromatic carbocycles. The van der Waals surface area contributed by atoms with Crippen molar-refractivity contribution in [1.29, 1.82) is 0 Å². The van der Waals surface area contributed by atoms with Crippen molar-refractivity contribution in [1.82, 2.24) is 5.43 Å². The van der Waals surface area contributed by atoms with Crippen molar-refractivity contribution in [2.45, 2.75) is 6.54 Å². The summed E-state index contributed by atoms with van der Waals surface area (Å²) in [5.41, 5.74) is 2.44. The van der Waals surface area contributed by atoms with Crippen LogP contribution < -0.4 is 9.99 Å². The number of hydrazone groups is 1. The number of carbonyl (C=O) groups excluding carboxylic acids is 1. The fourth-order valence-corrected chi connectivity index (χ4v) is 1.42. The largest absolute Gasteiger partial charge is 0.465 e. The zero-order chi connectivity index (χ0) is 13.3. The van der Waals surface area contributed by atoms with Crippen LogP contribution in [0.25, 0.3) is 6.08 Å². The Bertz CT molecular complexity index is 560. The Morgan fingerprint density at radius 2 is 2.16 bits per heavy atom. The molecular weight excluding hydrogens is 242 g/mol. The number of nitrogens with zero attached hydrogens (tertiary/aromatic N) is 2. The Morgan fingerprint density at radius 1 is 1.32 bits per heavy atom. The molecule has 0 fully saturated rings. The molecule has 0 aliphatic rings. The summed E-state index contributed by atoms with van der Waals surface area (Å²) in [6, 6.07) is 9.25. The summed E-state index contributed by atoms with van der Waals surface area (Å²) in [6.07, 6.45) is 10.2. The molecule has 19 heavy (non-hydrogen) atoms. The van der Waals surface area contributed by atoms with Crippen LogP contribution in [0.3, 0.4) is 0 Å². The van der Waals surface area contributed by atoms with Crippen LogP contribution in [0, 0.1) is 0 Å². The van der Waals surface area contributed by atoms with E-state index in [-0.39, 0.29) is 12.5 Å². The number of carbonyl (C=O) groups is 1. The second-order valence-corrected chi connectivity index (χ2v) is 3.74. The van der Waals surface area contributed by atoms with Gasteiger partial charge in [-0.2, -0.15) is 9.67 Å². The van der Waals surface area contributed by atoms with Crippen molar-refractivity contribution >= 4 is 18.2 Å². The molecule has 2 aromatic heterocycles. The van der Waals surface area contributed by atoms with Crippen LogP contribution in [-0.4, -0.2) is 12.1 Å². The van der Waals surface area contributed by atoms with Gasteiger partial charge in [0.25, 0.3) is 0 Å². The highest BCUT2D eigenvalue weighted by molar-refractivity contribution is 5.80. The molecule has 0 saturated carbocycles. The van der Waals surface area contributed by atoms with Gasteiger partial charge in [0.2, 0.25) is 6.54 Å². The van der Waals surface area contributed by atoms with Crippen LogP contribution in [0.1, 0.15) is 5.76 Å². The average Bonchev–Trinajstić information content (AvgIpc) is 2.92. The van der Waals surface area contributed by atoms with Crippen molar-refractivity contribution < 1.29 is 13.8 Å². The Hall–Kier alpha value is -2.69. The summed E-state index contributed by atoms with van der Waals surface area (Å²) >= 11 is 0. The molecule has 0 aliphatic heterocycles. The van der Waals surface area contributed by atoms with Crippen molar-refractivity contribution in [3.05, 3.63) is 60.8 Å². The third-order valence-electron chi connectivity index (χ3n) is 2.26. The molecule has 0 bridgehead atoms. The van der Waals surface area contributed by atoms with E-state index >= 15 is 0 Å². The van der Waals surface area contributed by atoms with Gasteiger partial charge in [0.05, 0.1) is 6.26 Å². The maximum atomic E-state index is 11.5. The van der Waals surface area contributed by atoms with E-state index in [0.29, 0.717) is 0 Å². The highest BCUT2D eigenvalue weighted by atomic mass is 16.3. The zero-order valence-corrected chi connectivity index (χ0v) is 10.3. The van der Waals surface area contributed by atoms with Gasteiger partial charge in [-0.3, -0.25) is 4.79 Å². The first kappa shape index (κ1) is 12.8. The summed E-state index contributed by atoms with van der Waals surface area (Å²) < 4.78 is 6.87. The van der Waals surface area contributed by atoms with E-state index in [2.05, 4.69) is 10.5 Å². The molecule has 0 atom stereocenters. The monoisotopic (exact) mass is 256 g/mol. The van der Waals surface area contributed by atoms with Crippen molar-refractivity contribution in [3.8, 4) is 0 Å². The quantitative estimate of drug-likeness (QED) is 0.499. The van der Waals surface area contributed by atoms with Crippen LogP contribution >= 0.6 is 0 Å². The van der Waals surface area contributed by atoms with E-state index < -0.39 is 0 Å². The van der Waals surface area contributed by atoms with Crippen LogP contribution in [0.15, 0.2) is 64.6 Å². The first-order valence-electron chi connectivity index (χ1n) is 5.81. The Morgan fingerprint density at radius 3 is 2.89 bits per heavy atom. The van der Waals surface area contributed by atoms with Gasteiger partial charge in [-0.25, -0.2) is 5.43 Å². The van der Waals surface area contributed by atoms with Gasteiger partial charge in [0.15, 0.2) is 12.4 Å². The van der Waals surface area contributed by atoms with E-state index in [1.54, 1.807) is 29.0 Å². The van der Waals surface area contributed by atoms with Crippen LogP contribution in [0.5, 0.6) is 0 Å². The minimum Gasteiger partial charge on any atom is -0.465 e.